The Morgan fingerprint density at radius 3 is 1.50 bits per heavy atom. The zero-order valence-corrected chi connectivity index (χ0v) is 3.39. The first-order valence-corrected chi connectivity index (χ1v) is 1.44. The lowest BCUT2D eigenvalue weighted by Crippen LogP contribution is -1.92. The van der Waals surface area contributed by atoms with Gasteiger partial charge in [-0.3, -0.25) is 0 Å². The number of alkyl halides is 3. The van der Waals surface area contributed by atoms with Crippen LogP contribution in [-0.2, 0) is 0 Å². The summed E-state index contributed by atoms with van der Waals surface area (Å²) in [6.45, 7) is 0.620. The smallest absolute Gasteiger partial charge is 0.189 e. The molecule has 0 heterocycles. The standard InChI is InChI=1S/C2H3ClF2.CH4/c1-2(3,4)5;/h1H3;1H4. The number of rotatable bonds is 0. The quantitative estimate of drug-likeness (QED) is 0.427. The largest absolute Gasteiger partial charge is 0.318 e. The van der Waals surface area contributed by atoms with Gasteiger partial charge in [0.15, 0.2) is 0 Å². The fourth-order valence-corrected chi connectivity index (χ4v) is 0. The highest BCUT2D eigenvalue weighted by Gasteiger charge is 2.12. The van der Waals surface area contributed by atoms with E-state index in [1.54, 1.807) is 0 Å². The molecule has 0 aliphatic heterocycles. The molecule has 0 saturated heterocycles. The normalized spacial score (nSPS) is 10.0. The third-order valence-electron chi connectivity index (χ3n) is 0. The van der Waals surface area contributed by atoms with Crippen molar-refractivity contribution in [1.29, 1.82) is 0 Å². The highest BCUT2D eigenvalue weighted by Crippen LogP contribution is 2.15. The average Bonchev–Trinajstić information content (AvgIpc) is 0.722. The molecule has 0 fully saturated rings. The Bertz CT molecular complexity index is 24.3. The van der Waals surface area contributed by atoms with Crippen molar-refractivity contribution in [1.82, 2.24) is 0 Å². The summed E-state index contributed by atoms with van der Waals surface area (Å²) in [5.74, 6) is 0. The van der Waals surface area contributed by atoms with Gasteiger partial charge in [-0.05, 0) is 11.6 Å². The maximum Gasteiger partial charge on any atom is 0.318 e. The molecule has 0 aliphatic rings. The summed E-state index contributed by atoms with van der Waals surface area (Å²) in [5.41, 5.74) is 0. The van der Waals surface area contributed by atoms with E-state index in [1.807, 2.05) is 0 Å². The summed E-state index contributed by atoms with van der Waals surface area (Å²) in [5, 5.41) is -3.03. The summed E-state index contributed by atoms with van der Waals surface area (Å²) in [7, 11) is 0. The second-order valence-corrected chi connectivity index (χ2v) is 1.44. The molecule has 0 N–H and O–H groups in total. The first-order chi connectivity index (χ1) is 2.00. The van der Waals surface area contributed by atoms with Crippen LogP contribution in [0.3, 0.4) is 0 Å². The number of hydrogen-bond donors (Lipinski definition) is 0. The number of hydrogen-bond acceptors (Lipinski definition) is 0. The van der Waals surface area contributed by atoms with E-state index in [2.05, 4.69) is 11.6 Å². The molecule has 0 spiro atoms. The first-order valence-electron chi connectivity index (χ1n) is 1.07. The van der Waals surface area contributed by atoms with Crippen LogP contribution in [0.15, 0.2) is 0 Å². The molecule has 6 heavy (non-hydrogen) atoms. The van der Waals surface area contributed by atoms with Crippen molar-refractivity contribution < 1.29 is 8.78 Å². The monoisotopic (exact) mass is 116 g/mol. The van der Waals surface area contributed by atoms with Gasteiger partial charge >= 0.3 is 5.38 Å². The molecule has 0 atom stereocenters. The summed E-state index contributed by atoms with van der Waals surface area (Å²) < 4.78 is 21.6. The third-order valence-corrected chi connectivity index (χ3v) is 0. The molecule has 0 nitrogen and oxygen atoms in total. The lowest BCUT2D eigenvalue weighted by atomic mass is 10.9. The summed E-state index contributed by atoms with van der Waals surface area (Å²) in [6.07, 6.45) is 0. The summed E-state index contributed by atoms with van der Waals surface area (Å²) in [6, 6.07) is 0. The van der Waals surface area contributed by atoms with Gasteiger partial charge in [-0.2, -0.15) is 8.78 Å². The van der Waals surface area contributed by atoms with E-state index in [-0.39, 0.29) is 7.43 Å². The third kappa shape index (κ3) is 1830. The van der Waals surface area contributed by atoms with Gasteiger partial charge in [0.2, 0.25) is 0 Å². The van der Waals surface area contributed by atoms with Crippen molar-refractivity contribution in [2.75, 3.05) is 0 Å². The topological polar surface area (TPSA) is 0 Å². The van der Waals surface area contributed by atoms with Crippen molar-refractivity contribution >= 4 is 11.6 Å². The maximum atomic E-state index is 10.8. The highest BCUT2D eigenvalue weighted by atomic mass is 35.5. The molecule has 40 valence electrons. The van der Waals surface area contributed by atoms with Crippen LogP contribution in [0.1, 0.15) is 14.4 Å². The van der Waals surface area contributed by atoms with E-state index in [9.17, 15) is 8.78 Å². The predicted molar refractivity (Wildman–Crippen MR) is 23.2 cm³/mol. The molecule has 0 rings (SSSR count). The fourth-order valence-electron chi connectivity index (χ4n) is 0. The zero-order chi connectivity index (χ0) is 4.50. The molecular weight excluding hydrogens is 109 g/mol. The Labute approximate surface area is 41.1 Å². The Balaban J connectivity index is 0. The lowest BCUT2D eigenvalue weighted by Gasteiger charge is -1.90. The highest BCUT2D eigenvalue weighted by molar-refractivity contribution is 6.21. The molecular formula is C3H7ClF2. The SMILES string of the molecule is C.CC(F)(F)Cl. The van der Waals surface area contributed by atoms with Gasteiger partial charge in [-0.15, -0.1) is 0 Å². The molecule has 0 unspecified atom stereocenters. The minimum atomic E-state index is -3.03. The molecule has 0 saturated carbocycles. The maximum absolute atomic E-state index is 10.8. The van der Waals surface area contributed by atoms with Crippen molar-refractivity contribution in [3.05, 3.63) is 0 Å². The lowest BCUT2D eigenvalue weighted by molar-refractivity contribution is 0.119. The van der Waals surface area contributed by atoms with Gasteiger partial charge in [0.05, 0.1) is 0 Å². The second-order valence-electron chi connectivity index (χ2n) is 0.781. The van der Waals surface area contributed by atoms with Crippen molar-refractivity contribution in [2.45, 2.75) is 19.7 Å². The van der Waals surface area contributed by atoms with Crippen LogP contribution in [0.25, 0.3) is 0 Å². The van der Waals surface area contributed by atoms with E-state index < -0.39 is 5.38 Å². The molecule has 0 bridgehead atoms. The van der Waals surface area contributed by atoms with Crippen LogP contribution in [-0.4, -0.2) is 5.38 Å². The minimum Gasteiger partial charge on any atom is -0.189 e. The Kier molecular flexibility index (Phi) is 3.70. The van der Waals surface area contributed by atoms with Crippen LogP contribution >= 0.6 is 11.6 Å². The first kappa shape index (κ1) is 9.47. The Morgan fingerprint density at radius 1 is 1.50 bits per heavy atom. The van der Waals surface area contributed by atoms with Gasteiger partial charge in [0.25, 0.3) is 0 Å². The number of halogens is 3. The zero-order valence-electron chi connectivity index (χ0n) is 2.63. The molecule has 3 heteroatoms. The summed E-state index contributed by atoms with van der Waals surface area (Å²) >= 11 is 4.20. The average molecular weight is 117 g/mol. The predicted octanol–water partition coefficient (Wildman–Crippen LogP) is 2.47. The van der Waals surface area contributed by atoms with E-state index >= 15 is 0 Å². The van der Waals surface area contributed by atoms with E-state index in [1.165, 1.54) is 0 Å². The second kappa shape index (κ2) is 2.35. The Hall–Kier alpha value is 0.150. The molecule has 0 aliphatic carbocycles. The van der Waals surface area contributed by atoms with Crippen molar-refractivity contribution in [3.63, 3.8) is 0 Å². The van der Waals surface area contributed by atoms with Gasteiger partial charge in [-0.1, -0.05) is 7.43 Å². The minimum absolute atomic E-state index is 0. The van der Waals surface area contributed by atoms with Crippen molar-refractivity contribution in [3.8, 4) is 0 Å². The molecule has 0 aromatic rings. The van der Waals surface area contributed by atoms with Crippen LogP contribution < -0.4 is 0 Å². The fraction of sp³-hybridized carbons (Fsp3) is 1.00. The van der Waals surface area contributed by atoms with Gasteiger partial charge in [-0.25, -0.2) is 0 Å². The van der Waals surface area contributed by atoms with Gasteiger partial charge < -0.3 is 0 Å². The van der Waals surface area contributed by atoms with Gasteiger partial charge in [0.1, 0.15) is 0 Å². The molecule has 0 aromatic heterocycles. The molecule has 0 amide bonds. The summed E-state index contributed by atoms with van der Waals surface area (Å²) in [4.78, 5) is 0. The van der Waals surface area contributed by atoms with E-state index in [4.69, 9.17) is 0 Å². The van der Waals surface area contributed by atoms with Crippen LogP contribution in [0.4, 0.5) is 8.78 Å². The van der Waals surface area contributed by atoms with E-state index in [0.29, 0.717) is 6.92 Å². The van der Waals surface area contributed by atoms with Crippen LogP contribution in [0.2, 0.25) is 0 Å². The van der Waals surface area contributed by atoms with E-state index in [0.717, 1.165) is 0 Å². The van der Waals surface area contributed by atoms with Crippen molar-refractivity contribution in [2.24, 2.45) is 0 Å². The Morgan fingerprint density at radius 2 is 1.50 bits per heavy atom. The molecule has 0 aromatic carbocycles. The van der Waals surface area contributed by atoms with Gasteiger partial charge in [0, 0.05) is 6.92 Å². The molecule has 0 radical (unpaired) electrons. The van der Waals surface area contributed by atoms with Crippen LogP contribution in [0.5, 0.6) is 0 Å². The van der Waals surface area contributed by atoms with Crippen LogP contribution in [0, 0.1) is 0 Å².